The smallest absolute Gasteiger partial charge is 0.327 e. The summed E-state index contributed by atoms with van der Waals surface area (Å²) in [5.41, 5.74) is 0. The first-order valence-corrected chi connectivity index (χ1v) is 6.03. The number of carboxylic acids is 1. The number of hydrogen-bond donors (Lipinski definition) is 4. The Bertz CT molecular complexity index is 463. The number of benzene rings is 1. The van der Waals surface area contributed by atoms with Crippen molar-refractivity contribution in [3.63, 3.8) is 0 Å². The zero-order valence-electron chi connectivity index (χ0n) is 9.58. The molecule has 4 N–H and O–H groups in total. The summed E-state index contributed by atoms with van der Waals surface area (Å²) in [5, 5.41) is 29.9. The molecule has 0 aliphatic carbocycles. The zero-order chi connectivity index (χ0) is 13.7. The number of carboxylic acid groups (broad SMARTS) is 1. The van der Waals surface area contributed by atoms with Gasteiger partial charge >= 0.3 is 5.97 Å². The van der Waals surface area contributed by atoms with Gasteiger partial charge in [-0.25, -0.2) is 4.79 Å². The zero-order valence-corrected chi connectivity index (χ0v) is 10.4. The number of aliphatic carboxylic acids is 1. The average Bonchev–Trinajstić information content (AvgIpc) is 2.27. The maximum Gasteiger partial charge on any atom is 0.327 e. The highest BCUT2D eigenvalue weighted by atomic mass is 32.2. The first-order chi connectivity index (χ1) is 8.40. The first-order valence-electron chi connectivity index (χ1n) is 5.05. The molecule has 0 aliphatic rings. The number of phenols is 2. The van der Waals surface area contributed by atoms with Crippen LogP contribution in [0.2, 0.25) is 0 Å². The minimum atomic E-state index is -1.16. The fraction of sp³-hybridized carbons (Fsp3) is 0.273. The van der Waals surface area contributed by atoms with E-state index in [1.165, 1.54) is 25.1 Å². The average molecular weight is 271 g/mol. The van der Waals surface area contributed by atoms with E-state index in [0.29, 0.717) is 4.90 Å². The van der Waals surface area contributed by atoms with Crippen LogP contribution in [0.3, 0.4) is 0 Å². The molecule has 7 heteroatoms. The summed E-state index contributed by atoms with van der Waals surface area (Å²) in [4.78, 5) is 22.0. The van der Waals surface area contributed by atoms with Crippen molar-refractivity contribution in [3.05, 3.63) is 18.2 Å². The highest BCUT2D eigenvalue weighted by molar-refractivity contribution is 7.99. The molecular formula is C11H13NO5S. The van der Waals surface area contributed by atoms with Crippen molar-refractivity contribution in [2.24, 2.45) is 0 Å². The molecule has 0 fully saturated rings. The molecule has 1 aromatic rings. The van der Waals surface area contributed by atoms with E-state index in [0.717, 1.165) is 11.8 Å². The van der Waals surface area contributed by atoms with Gasteiger partial charge in [-0.15, -0.1) is 11.8 Å². The Morgan fingerprint density at radius 3 is 2.61 bits per heavy atom. The molecule has 0 spiro atoms. The van der Waals surface area contributed by atoms with Gasteiger partial charge in [0.2, 0.25) is 5.91 Å². The van der Waals surface area contributed by atoms with E-state index in [-0.39, 0.29) is 17.3 Å². The molecule has 1 atom stereocenters. The Balaban J connectivity index is 2.69. The lowest BCUT2D eigenvalue weighted by Crippen LogP contribution is -2.41. The van der Waals surface area contributed by atoms with Gasteiger partial charge in [0, 0.05) is 12.7 Å². The van der Waals surface area contributed by atoms with Gasteiger partial charge in [-0.3, -0.25) is 4.79 Å². The number of carbonyl (C=O) groups excluding carboxylic acids is 1. The lowest BCUT2D eigenvalue weighted by Gasteiger charge is -2.13. The summed E-state index contributed by atoms with van der Waals surface area (Å²) in [6.45, 7) is 1.23. The lowest BCUT2D eigenvalue weighted by molar-refractivity contribution is -0.140. The van der Waals surface area contributed by atoms with E-state index in [4.69, 9.17) is 5.11 Å². The van der Waals surface area contributed by atoms with Gasteiger partial charge in [0.15, 0.2) is 0 Å². The Morgan fingerprint density at radius 2 is 2.06 bits per heavy atom. The summed E-state index contributed by atoms with van der Waals surface area (Å²) >= 11 is 1.03. The number of amides is 1. The van der Waals surface area contributed by atoms with Crippen LogP contribution in [0.1, 0.15) is 6.92 Å². The summed E-state index contributed by atoms with van der Waals surface area (Å²) in [5.74, 6) is -1.63. The van der Waals surface area contributed by atoms with Crippen molar-refractivity contribution in [2.75, 3.05) is 5.75 Å². The monoisotopic (exact) mass is 271 g/mol. The van der Waals surface area contributed by atoms with Crippen LogP contribution in [0, 0.1) is 0 Å². The summed E-state index contributed by atoms with van der Waals surface area (Å²) in [7, 11) is 0. The van der Waals surface area contributed by atoms with Crippen molar-refractivity contribution in [1.82, 2.24) is 5.32 Å². The molecule has 1 unspecified atom stereocenters. The second-order valence-electron chi connectivity index (χ2n) is 3.55. The molecule has 0 radical (unpaired) electrons. The topological polar surface area (TPSA) is 107 Å². The predicted molar refractivity (Wildman–Crippen MR) is 65.7 cm³/mol. The summed E-state index contributed by atoms with van der Waals surface area (Å²) < 4.78 is 0. The van der Waals surface area contributed by atoms with Crippen LogP contribution in [0.4, 0.5) is 0 Å². The quantitative estimate of drug-likeness (QED) is 0.465. The number of carbonyl (C=O) groups is 2. The Labute approximate surface area is 108 Å². The number of phenolic OH excluding ortho intramolecular Hbond substituents is 2. The minimum absolute atomic E-state index is 0.0262. The largest absolute Gasteiger partial charge is 0.508 e. The molecule has 0 aliphatic heterocycles. The Kier molecular flexibility index (Phi) is 4.85. The van der Waals surface area contributed by atoms with Crippen molar-refractivity contribution in [2.45, 2.75) is 17.9 Å². The van der Waals surface area contributed by atoms with Gasteiger partial charge < -0.3 is 20.6 Å². The molecular weight excluding hydrogens is 258 g/mol. The van der Waals surface area contributed by atoms with Crippen molar-refractivity contribution < 1.29 is 24.9 Å². The minimum Gasteiger partial charge on any atom is -0.508 e. The second-order valence-corrected chi connectivity index (χ2v) is 4.62. The predicted octanol–water partition coefficient (Wildman–Crippen LogP) is 0.779. The van der Waals surface area contributed by atoms with Crippen molar-refractivity contribution >= 4 is 23.6 Å². The number of nitrogens with one attached hydrogen (secondary N) is 1. The fourth-order valence-corrected chi connectivity index (χ4v) is 2.20. The maximum absolute atomic E-state index is 10.9. The van der Waals surface area contributed by atoms with E-state index in [9.17, 15) is 19.8 Å². The van der Waals surface area contributed by atoms with Crippen LogP contribution in [-0.2, 0) is 9.59 Å². The molecule has 6 nitrogen and oxygen atoms in total. The van der Waals surface area contributed by atoms with E-state index in [1.807, 2.05) is 0 Å². The molecule has 98 valence electrons. The first kappa shape index (κ1) is 14.2. The standard InChI is InChI=1S/C11H13NO5S/c1-6(13)12-8(11(16)17)5-18-10-4-7(14)2-3-9(10)15/h2-4,8,14-15H,5H2,1H3,(H,12,13)(H,16,17). The van der Waals surface area contributed by atoms with Crippen LogP contribution < -0.4 is 5.32 Å². The molecule has 0 aromatic heterocycles. The number of hydrogen-bond acceptors (Lipinski definition) is 5. The van der Waals surface area contributed by atoms with Gasteiger partial charge in [-0.05, 0) is 18.2 Å². The maximum atomic E-state index is 10.9. The van der Waals surface area contributed by atoms with E-state index >= 15 is 0 Å². The Hall–Kier alpha value is -1.89. The third-order valence-corrected chi connectivity index (χ3v) is 3.16. The molecule has 0 saturated carbocycles. The molecule has 1 rings (SSSR count). The van der Waals surface area contributed by atoms with E-state index in [1.54, 1.807) is 0 Å². The highest BCUT2D eigenvalue weighted by Gasteiger charge is 2.19. The third kappa shape index (κ3) is 4.17. The van der Waals surface area contributed by atoms with Crippen LogP contribution in [0.15, 0.2) is 23.1 Å². The Morgan fingerprint density at radius 1 is 1.39 bits per heavy atom. The fourth-order valence-electron chi connectivity index (χ4n) is 1.21. The van der Waals surface area contributed by atoms with Gasteiger partial charge in [0.25, 0.3) is 0 Å². The van der Waals surface area contributed by atoms with E-state index < -0.39 is 17.9 Å². The summed E-state index contributed by atoms with van der Waals surface area (Å²) in [6, 6.07) is 2.91. The third-order valence-electron chi connectivity index (χ3n) is 2.02. The number of thioether (sulfide) groups is 1. The van der Waals surface area contributed by atoms with Gasteiger partial charge in [-0.1, -0.05) is 0 Å². The molecule has 18 heavy (non-hydrogen) atoms. The van der Waals surface area contributed by atoms with Crippen LogP contribution >= 0.6 is 11.8 Å². The van der Waals surface area contributed by atoms with E-state index in [2.05, 4.69) is 5.32 Å². The molecule has 0 bridgehead atoms. The van der Waals surface area contributed by atoms with Crippen LogP contribution in [-0.4, -0.2) is 39.0 Å². The van der Waals surface area contributed by atoms with Crippen molar-refractivity contribution in [3.8, 4) is 11.5 Å². The van der Waals surface area contributed by atoms with Gasteiger partial charge in [-0.2, -0.15) is 0 Å². The van der Waals surface area contributed by atoms with Crippen molar-refractivity contribution in [1.29, 1.82) is 0 Å². The molecule has 1 amide bonds. The van der Waals surface area contributed by atoms with Crippen LogP contribution in [0.5, 0.6) is 11.5 Å². The SMILES string of the molecule is CC(=O)NC(CSc1cc(O)ccc1O)C(=O)O. The highest BCUT2D eigenvalue weighted by Crippen LogP contribution is 2.31. The number of aromatic hydroxyl groups is 2. The summed E-state index contributed by atoms with van der Waals surface area (Å²) in [6.07, 6.45) is 0. The van der Waals surface area contributed by atoms with Gasteiger partial charge in [0.1, 0.15) is 17.5 Å². The van der Waals surface area contributed by atoms with Crippen LogP contribution in [0.25, 0.3) is 0 Å². The van der Waals surface area contributed by atoms with Gasteiger partial charge in [0.05, 0.1) is 4.90 Å². The second kappa shape index (κ2) is 6.15. The normalized spacial score (nSPS) is 11.8. The molecule has 0 heterocycles. The number of rotatable bonds is 5. The lowest BCUT2D eigenvalue weighted by atomic mass is 10.3. The molecule has 1 aromatic carbocycles. The molecule has 0 saturated heterocycles.